The van der Waals surface area contributed by atoms with Gasteiger partial charge >= 0.3 is 5.97 Å². The number of halogens is 1. The lowest BCUT2D eigenvalue weighted by Crippen LogP contribution is -2.02. The predicted molar refractivity (Wildman–Crippen MR) is 66.3 cm³/mol. The lowest BCUT2D eigenvalue weighted by Gasteiger charge is -2.07. The normalized spacial score (nSPS) is 10.1. The highest BCUT2D eigenvalue weighted by Gasteiger charge is 2.06. The van der Waals surface area contributed by atoms with Crippen molar-refractivity contribution in [3.8, 4) is 0 Å². The summed E-state index contributed by atoms with van der Waals surface area (Å²) in [5.74, 6) is -0.162. The van der Waals surface area contributed by atoms with E-state index in [1.807, 2.05) is 18.4 Å². The minimum atomic E-state index is -0.162. The molecule has 0 saturated carbocycles. The van der Waals surface area contributed by atoms with Crippen molar-refractivity contribution >= 4 is 33.7 Å². The summed E-state index contributed by atoms with van der Waals surface area (Å²) < 4.78 is 5.68. The fourth-order valence-electron chi connectivity index (χ4n) is 1.26. The van der Waals surface area contributed by atoms with Crippen molar-refractivity contribution < 1.29 is 9.53 Å². The van der Waals surface area contributed by atoms with Crippen LogP contribution in [0.15, 0.2) is 27.6 Å². The van der Waals surface area contributed by atoms with Crippen molar-refractivity contribution in [1.29, 1.82) is 0 Å². The monoisotopic (exact) mass is 288 g/mol. The minimum absolute atomic E-state index is 0.162. The van der Waals surface area contributed by atoms with E-state index >= 15 is 0 Å². The summed E-state index contributed by atoms with van der Waals surface area (Å²) in [7, 11) is 1.42. The molecular weight excluding hydrogens is 276 g/mol. The summed E-state index contributed by atoms with van der Waals surface area (Å²) in [6, 6.07) is 6.10. The van der Waals surface area contributed by atoms with Gasteiger partial charge in [0.25, 0.3) is 0 Å². The molecule has 2 nitrogen and oxygen atoms in total. The first kappa shape index (κ1) is 12.6. The maximum Gasteiger partial charge on any atom is 0.305 e. The smallest absolute Gasteiger partial charge is 0.305 e. The molecule has 0 N–H and O–H groups in total. The summed E-state index contributed by atoms with van der Waals surface area (Å²) in [4.78, 5) is 12.2. The molecule has 0 spiro atoms. The maximum atomic E-state index is 11.0. The summed E-state index contributed by atoms with van der Waals surface area (Å²) in [6.45, 7) is 0. The molecule has 0 aromatic heterocycles. The van der Waals surface area contributed by atoms with E-state index in [0.717, 1.165) is 10.9 Å². The maximum absolute atomic E-state index is 11.0. The molecule has 1 aromatic rings. The van der Waals surface area contributed by atoms with Crippen LogP contribution in [0.4, 0.5) is 0 Å². The number of carbonyl (C=O) groups is 1. The molecule has 4 heteroatoms. The van der Waals surface area contributed by atoms with E-state index in [1.165, 1.54) is 17.6 Å². The average molecular weight is 289 g/mol. The zero-order valence-corrected chi connectivity index (χ0v) is 11.2. The van der Waals surface area contributed by atoms with E-state index in [2.05, 4.69) is 26.7 Å². The topological polar surface area (TPSA) is 26.3 Å². The van der Waals surface area contributed by atoms with Gasteiger partial charge in [-0.15, -0.1) is 11.8 Å². The summed E-state index contributed by atoms with van der Waals surface area (Å²) in [6.07, 6.45) is 3.20. The van der Waals surface area contributed by atoms with Crippen molar-refractivity contribution in [2.45, 2.75) is 17.7 Å². The lowest BCUT2D eigenvalue weighted by atomic mass is 10.1. The molecule has 1 rings (SSSR count). The Balaban J connectivity index is 2.72. The zero-order valence-electron chi connectivity index (χ0n) is 8.75. The molecule has 0 atom stereocenters. The molecule has 0 aliphatic carbocycles. The van der Waals surface area contributed by atoms with E-state index in [1.54, 1.807) is 11.8 Å². The van der Waals surface area contributed by atoms with Gasteiger partial charge in [-0.2, -0.15) is 0 Å². The lowest BCUT2D eigenvalue weighted by molar-refractivity contribution is -0.140. The molecule has 82 valence electrons. The van der Waals surface area contributed by atoms with Gasteiger partial charge in [0.1, 0.15) is 0 Å². The Hall–Kier alpha value is -0.480. The number of ether oxygens (including phenoxy) is 1. The fraction of sp³-hybridized carbons (Fsp3) is 0.364. The van der Waals surface area contributed by atoms with Crippen LogP contribution in [0, 0.1) is 0 Å². The Morgan fingerprint density at radius 1 is 1.53 bits per heavy atom. The average Bonchev–Trinajstić information content (AvgIpc) is 2.26. The summed E-state index contributed by atoms with van der Waals surface area (Å²) in [5.41, 5.74) is 1.19. The van der Waals surface area contributed by atoms with Gasteiger partial charge in [-0.1, -0.05) is 22.0 Å². The molecule has 0 unspecified atom stereocenters. The molecule has 0 radical (unpaired) electrons. The first-order valence-corrected chi connectivity index (χ1v) is 6.58. The van der Waals surface area contributed by atoms with Gasteiger partial charge in [-0.05, 0) is 30.4 Å². The largest absolute Gasteiger partial charge is 0.469 e. The highest BCUT2D eigenvalue weighted by atomic mass is 79.9. The fourth-order valence-corrected chi connectivity index (χ4v) is 2.45. The second kappa shape index (κ2) is 6.18. The van der Waals surface area contributed by atoms with Gasteiger partial charge in [-0.3, -0.25) is 4.79 Å². The molecule has 0 bridgehead atoms. The predicted octanol–water partition coefficient (Wildman–Crippen LogP) is 3.28. The van der Waals surface area contributed by atoms with Crippen LogP contribution in [-0.4, -0.2) is 19.3 Å². The van der Waals surface area contributed by atoms with Crippen LogP contribution in [0.1, 0.15) is 12.0 Å². The Morgan fingerprint density at radius 3 is 2.87 bits per heavy atom. The Kier molecular flexibility index (Phi) is 5.19. The Morgan fingerprint density at radius 2 is 2.27 bits per heavy atom. The molecule has 0 aliphatic rings. The van der Waals surface area contributed by atoms with Crippen molar-refractivity contribution in [3.63, 3.8) is 0 Å². The van der Waals surface area contributed by atoms with Crippen LogP contribution in [0.3, 0.4) is 0 Å². The minimum Gasteiger partial charge on any atom is -0.469 e. The first-order valence-electron chi connectivity index (χ1n) is 4.56. The van der Waals surface area contributed by atoms with Crippen LogP contribution >= 0.6 is 27.7 Å². The second-order valence-corrected chi connectivity index (χ2v) is 4.80. The third kappa shape index (κ3) is 3.87. The van der Waals surface area contributed by atoms with Crippen LogP contribution in [0.25, 0.3) is 0 Å². The van der Waals surface area contributed by atoms with E-state index in [-0.39, 0.29) is 5.97 Å². The number of aryl methyl sites for hydroxylation is 1. The standard InChI is InChI=1S/C11H13BrO2S/c1-14-11(13)6-4-8-3-5-9(12)7-10(8)15-2/h3,5,7H,4,6H2,1-2H3. The third-order valence-corrected chi connectivity index (χ3v) is 3.39. The molecule has 0 heterocycles. The number of esters is 1. The Bertz CT molecular complexity index is 352. The van der Waals surface area contributed by atoms with E-state index < -0.39 is 0 Å². The van der Waals surface area contributed by atoms with E-state index in [0.29, 0.717) is 6.42 Å². The van der Waals surface area contributed by atoms with E-state index in [4.69, 9.17) is 0 Å². The third-order valence-electron chi connectivity index (χ3n) is 2.08. The number of hydrogen-bond donors (Lipinski definition) is 0. The van der Waals surface area contributed by atoms with Crippen LogP contribution < -0.4 is 0 Å². The highest BCUT2D eigenvalue weighted by Crippen LogP contribution is 2.25. The van der Waals surface area contributed by atoms with Crippen molar-refractivity contribution in [2.24, 2.45) is 0 Å². The molecule has 0 aliphatic heterocycles. The van der Waals surface area contributed by atoms with E-state index in [9.17, 15) is 4.79 Å². The molecule has 0 fully saturated rings. The summed E-state index contributed by atoms with van der Waals surface area (Å²) >= 11 is 5.11. The molecule has 1 aromatic carbocycles. The van der Waals surface area contributed by atoms with Gasteiger partial charge in [0.15, 0.2) is 0 Å². The second-order valence-electron chi connectivity index (χ2n) is 3.03. The molecule has 15 heavy (non-hydrogen) atoms. The summed E-state index contributed by atoms with van der Waals surface area (Å²) in [5, 5.41) is 0. The quantitative estimate of drug-likeness (QED) is 0.628. The molecule has 0 amide bonds. The molecule has 0 saturated heterocycles. The number of hydrogen-bond acceptors (Lipinski definition) is 3. The van der Waals surface area contributed by atoms with Gasteiger partial charge in [0.2, 0.25) is 0 Å². The number of carbonyl (C=O) groups excluding carboxylic acids is 1. The SMILES string of the molecule is COC(=O)CCc1ccc(Br)cc1SC. The molecular formula is C11H13BrO2S. The van der Waals surface area contributed by atoms with Crippen LogP contribution in [0.5, 0.6) is 0 Å². The zero-order chi connectivity index (χ0) is 11.3. The van der Waals surface area contributed by atoms with Crippen LogP contribution in [-0.2, 0) is 16.0 Å². The van der Waals surface area contributed by atoms with Gasteiger partial charge in [0.05, 0.1) is 7.11 Å². The van der Waals surface area contributed by atoms with Gasteiger partial charge < -0.3 is 4.74 Å². The highest BCUT2D eigenvalue weighted by molar-refractivity contribution is 9.10. The number of benzene rings is 1. The van der Waals surface area contributed by atoms with Crippen molar-refractivity contribution in [3.05, 3.63) is 28.2 Å². The number of methoxy groups -OCH3 is 1. The first-order chi connectivity index (χ1) is 7.17. The Labute approximate surface area is 103 Å². The van der Waals surface area contributed by atoms with Crippen molar-refractivity contribution in [2.75, 3.05) is 13.4 Å². The number of thioether (sulfide) groups is 1. The van der Waals surface area contributed by atoms with Crippen molar-refractivity contribution in [1.82, 2.24) is 0 Å². The van der Waals surface area contributed by atoms with Crippen LogP contribution in [0.2, 0.25) is 0 Å². The van der Waals surface area contributed by atoms with Gasteiger partial charge in [-0.25, -0.2) is 0 Å². The van der Waals surface area contributed by atoms with Gasteiger partial charge in [0, 0.05) is 15.8 Å². The number of rotatable bonds is 4.